The van der Waals surface area contributed by atoms with Crippen LogP contribution in [0, 0.1) is 5.82 Å². The topological polar surface area (TPSA) is 98.9 Å². The van der Waals surface area contributed by atoms with Crippen LogP contribution in [-0.2, 0) is 17.9 Å². The van der Waals surface area contributed by atoms with Gasteiger partial charge in [0, 0.05) is 30.2 Å². The molecule has 1 aliphatic carbocycles. The number of carbonyl (C=O) groups is 1. The third-order valence-corrected chi connectivity index (χ3v) is 4.86. The van der Waals surface area contributed by atoms with Crippen molar-refractivity contribution in [2.24, 2.45) is 0 Å². The van der Waals surface area contributed by atoms with Crippen molar-refractivity contribution in [1.29, 1.82) is 0 Å². The molecule has 0 aliphatic heterocycles. The van der Waals surface area contributed by atoms with Crippen LogP contribution in [0.25, 0.3) is 11.3 Å². The summed E-state index contributed by atoms with van der Waals surface area (Å²) in [7, 11) is 0. The third-order valence-electron chi connectivity index (χ3n) is 4.86. The van der Waals surface area contributed by atoms with Gasteiger partial charge in [-0.1, -0.05) is 0 Å². The summed E-state index contributed by atoms with van der Waals surface area (Å²) in [6.07, 6.45) is 3.46. The standard InChI is InChI=1S/C21H20FN5O3/c22-16-5-3-15(4-6-16)18-11-21(30)26(13-24-18)12-19(28)23-9-10-27-20(29)8-7-17(25-27)14-1-2-14/h3-8,11,13-14H,1-2,9-10,12H2,(H,23,28). The van der Waals surface area contributed by atoms with Crippen LogP contribution < -0.4 is 16.4 Å². The highest BCUT2D eigenvalue weighted by Gasteiger charge is 2.25. The van der Waals surface area contributed by atoms with Gasteiger partial charge in [0.1, 0.15) is 12.4 Å². The first-order valence-corrected chi connectivity index (χ1v) is 9.67. The van der Waals surface area contributed by atoms with E-state index in [0.29, 0.717) is 17.2 Å². The van der Waals surface area contributed by atoms with E-state index in [4.69, 9.17) is 0 Å². The van der Waals surface area contributed by atoms with Crippen molar-refractivity contribution in [2.45, 2.75) is 31.8 Å². The molecule has 0 bridgehead atoms. The fourth-order valence-electron chi connectivity index (χ4n) is 3.06. The van der Waals surface area contributed by atoms with Crippen molar-refractivity contribution in [3.63, 3.8) is 0 Å². The van der Waals surface area contributed by atoms with Crippen LogP contribution in [0.3, 0.4) is 0 Å². The molecule has 154 valence electrons. The van der Waals surface area contributed by atoms with Gasteiger partial charge in [0.25, 0.3) is 11.1 Å². The Kier molecular flexibility index (Phi) is 5.51. The molecular formula is C21H20FN5O3. The van der Waals surface area contributed by atoms with Crippen molar-refractivity contribution in [1.82, 2.24) is 24.6 Å². The van der Waals surface area contributed by atoms with Gasteiger partial charge < -0.3 is 5.32 Å². The zero-order valence-electron chi connectivity index (χ0n) is 16.1. The van der Waals surface area contributed by atoms with Gasteiger partial charge in [-0.3, -0.25) is 19.0 Å². The molecule has 0 atom stereocenters. The average Bonchev–Trinajstić information content (AvgIpc) is 3.57. The molecule has 0 radical (unpaired) electrons. The quantitative estimate of drug-likeness (QED) is 0.634. The maximum absolute atomic E-state index is 13.0. The normalized spacial score (nSPS) is 13.2. The zero-order chi connectivity index (χ0) is 21.1. The summed E-state index contributed by atoms with van der Waals surface area (Å²) < 4.78 is 15.6. The minimum atomic E-state index is -0.394. The van der Waals surface area contributed by atoms with Crippen LogP contribution in [0.15, 0.2) is 58.4 Å². The van der Waals surface area contributed by atoms with E-state index in [-0.39, 0.29) is 36.9 Å². The van der Waals surface area contributed by atoms with E-state index in [1.165, 1.54) is 52.0 Å². The van der Waals surface area contributed by atoms with Gasteiger partial charge in [0.15, 0.2) is 0 Å². The first-order valence-electron chi connectivity index (χ1n) is 9.67. The maximum atomic E-state index is 13.0. The van der Waals surface area contributed by atoms with E-state index in [1.54, 1.807) is 6.07 Å². The van der Waals surface area contributed by atoms with Crippen molar-refractivity contribution in [3.8, 4) is 11.3 Å². The molecule has 0 spiro atoms. The van der Waals surface area contributed by atoms with Gasteiger partial charge in [-0.05, 0) is 43.2 Å². The SMILES string of the molecule is O=C(Cn1cnc(-c2ccc(F)cc2)cc1=O)NCCn1nc(C2CC2)ccc1=O. The lowest BCUT2D eigenvalue weighted by atomic mass is 10.1. The molecule has 1 aromatic carbocycles. The van der Waals surface area contributed by atoms with E-state index < -0.39 is 5.56 Å². The predicted octanol–water partition coefficient (Wildman–Crippen LogP) is 1.30. The molecule has 1 amide bonds. The average molecular weight is 409 g/mol. The Balaban J connectivity index is 1.34. The number of benzene rings is 1. The maximum Gasteiger partial charge on any atom is 0.266 e. The van der Waals surface area contributed by atoms with Gasteiger partial charge in [-0.15, -0.1) is 0 Å². The summed E-state index contributed by atoms with van der Waals surface area (Å²) in [5.41, 5.74) is 1.30. The lowest BCUT2D eigenvalue weighted by Gasteiger charge is -2.09. The second-order valence-electron chi connectivity index (χ2n) is 7.19. The Labute approximate surface area is 171 Å². The van der Waals surface area contributed by atoms with Crippen LogP contribution in [0.4, 0.5) is 4.39 Å². The van der Waals surface area contributed by atoms with E-state index in [0.717, 1.165) is 18.5 Å². The predicted molar refractivity (Wildman–Crippen MR) is 107 cm³/mol. The summed E-state index contributed by atoms with van der Waals surface area (Å²) in [5.74, 6) is -0.316. The molecule has 1 fully saturated rings. The Hall–Kier alpha value is -3.62. The number of nitrogens with one attached hydrogen (secondary N) is 1. The highest BCUT2D eigenvalue weighted by molar-refractivity contribution is 5.75. The van der Waals surface area contributed by atoms with Gasteiger partial charge in [-0.25, -0.2) is 14.1 Å². The van der Waals surface area contributed by atoms with Crippen LogP contribution in [-0.4, -0.2) is 31.8 Å². The lowest BCUT2D eigenvalue weighted by Crippen LogP contribution is -2.36. The smallest absolute Gasteiger partial charge is 0.266 e. The van der Waals surface area contributed by atoms with Gasteiger partial charge in [0.05, 0.1) is 24.3 Å². The Morgan fingerprint density at radius 1 is 1.10 bits per heavy atom. The van der Waals surface area contributed by atoms with E-state index in [2.05, 4.69) is 15.4 Å². The monoisotopic (exact) mass is 409 g/mol. The van der Waals surface area contributed by atoms with Gasteiger partial charge in [0.2, 0.25) is 5.91 Å². The number of rotatable bonds is 7. The molecular weight excluding hydrogens is 389 g/mol. The number of hydrogen-bond donors (Lipinski definition) is 1. The molecule has 3 aromatic rings. The van der Waals surface area contributed by atoms with E-state index in [9.17, 15) is 18.8 Å². The van der Waals surface area contributed by atoms with Crippen LogP contribution in [0.1, 0.15) is 24.5 Å². The summed E-state index contributed by atoms with van der Waals surface area (Å²) in [6, 6.07) is 10.2. The number of amides is 1. The van der Waals surface area contributed by atoms with E-state index in [1.807, 2.05) is 0 Å². The first kappa shape index (κ1) is 19.7. The minimum Gasteiger partial charge on any atom is -0.353 e. The van der Waals surface area contributed by atoms with Crippen molar-refractivity contribution >= 4 is 5.91 Å². The number of nitrogens with zero attached hydrogens (tertiary/aromatic N) is 4. The Bertz CT molecular complexity index is 1180. The van der Waals surface area contributed by atoms with Gasteiger partial charge in [-0.2, -0.15) is 5.10 Å². The molecule has 1 aliphatic rings. The molecule has 2 heterocycles. The molecule has 8 nitrogen and oxygen atoms in total. The summed E-state index contributed by atoms with van der Waals surface area (Å²) >= 11 is 0. The van der Waals surface area contributed by atoms with E-state index >= 15 is 0 Å². The highest BCUT2D eigenvalue weighted by atomic mass is 19.1. The number of hydrogen-bond acceptors (Lipinski definition) is 5. The number of halogens is 1. The number of carbonyl (C=O) groups excluding carboxylic acids is 1. The van der Waals surface area contributed by atoms with Crippen molar-refractivity contribution in [3.05, 3.63) is 81.0 Å². The highest BCUT2D eigenvalue weighted by Crippen LogP contribution is 2.38. The van der Waals surface area contributed by atoms with Gasteiger partial charge >= 0.3 is 0 Å². The molecule has 4 rings (SSSR count). The van der Waals surface area contributed by atoms with Crippen LogP contribution in [0.2, 0.25) is 0 Å². The fourth-order valence-corrected chi connectivity index (χ4v) is 3.06. The lowest BCUT2D eigenvalue weighted by molar-refractivity contribution is -0.121. The zero-order valence-corrected chi connectivity index (χ0v) is 16.1. The molecule has 1 N–H and O–H groups in total. The van der Waals surface area contributed by atoms with Crippen molar-refractivity contribution in [2.75, 3.05) is 6.54 Å². The molecule has 0 unspecified atom stereocenters. The summed E-state index contributed by atoms with van der Waals surface area (Å²) in [5, 5.41) is 7.02. The number of aromatic nitrogens is 4. The first-order chi connectivity index (χ1) is 14.5. The molecule has 9 heteroatoms. The fraction of sp³-hybridized carbons (Fsp3) is 0.286. The second kappa shape index (κ2) is 8.40. The molecule has 1 saturated carbocycles. The van der Waals surface area contributed by atoms with Crippen molar-refractivity contribution < 1.29 is 9.18 Å². The summed E-state index contributed by atoms with van der Waals surface area (Å²) in [4.78, 5) is 40.5. The minimum absolute atomic E-state index is 0.194. The van der Waals surface area contributed by atoms with Crippen LogP contribution >= 0.6 is 0 Å². The summed E-state index contributed by atoms with van der Waals surface area (Å²) in [6.45, 7) is 0.275. The molecule has 2 aromatic heterocycles. The second-order valence-corrected chi connectivity index (χ2v) is 7.19. The Morgan fingerprint density at radius 2 is 1.87 bits per heavy atom. The third kappa shape index (κ3) is 4.68. The van der Waals surface area contributed by atoms with Crippen LogP contribution in [0.5, 0.6) is 0 Å². The molecule has 30 heavy (non-hydrogen) atoms. The largest absolute Gasteiger partial charge is 0.353 e. The molecule has 0 saturated heterocycles. The Morgan fingerprint density at radius 3 is 2.57 bits per heavy atom.